The fraction of sp³-hybridized carbons (Fsp3) is 0.604. The van der Waals surface area contributed by atoms with E-state index in [1.54, 1.807) is 7.05 Å². The van der Waals surface area contributed by atoms with Gasteiger partial charge in [-0.15, -0.1) is 0 Å². The van der Waals surface area contributed by atoms with E-state index in [9.17, 15) is 29.1 Å². The highest BCUT2D eigenvalue weighted by Gasteiger charge is 2.39. The van der Waals surface area contributed by atoms with Crippen molar-refractivity contribution in [1.82, 2.24) is 34.9 Å². The molecule has 3 rings (SSSR count). The van der Waals surface area contributed by atoms with Crippen molar-refractivity contribution in [3.63, 3.8) is 0 Å². The van der Waals surface area contributed by atoms with Crippen LogP contribution in [-0.4, -0.2) is 134 Å². The minimum Gasteiger partial charge on any atom is -0.479 e. The van der Waals surface area contributed by atoms with E-state index in [1.807, 2.05) is 122 Å². The summed E-state index contributed by atoms with van der Waals surface area (Å²) in [6.07, 6.45) is 0.921. The number of nitrogens with one attached hydrogen (secondary N) is 2. The van der Waals surface area contributed by atoms with Crippen molar-refractivity contribution in [2.24, 2.45) is 29.4 Å². The lowest BCUT2D eigenvalue weighted by atomic mass is 9.96. The van der Waals surface area contributed by atoms with E-state index in [4.69, 9.17) is 20.7 Å². The molecular formula is C53H79N9O9. The molecule has 5 amide bonds. The third kappa shape index (κ3) is 17.2. The van der Waals surface area contributed by atoms with Crippen LogP contribution in [0.4, 0.5) is 0 Å². The molecule has 3 aromatic rings. The lowest BCUT2D eigenvalue weighted by Gasteiger charge is -2.35. The Hall–Kier alpha value is -6.35. The van der Waals surface area contributed by atoms with Crippen LogP contribution in [0.5, 0.6) is 0 Å². The number of nitriles is 1. The van der Waals surface area contributed by atoms with Gasteiger partial charge in [-0.3, -0.25) is 29.0 Å². The number of aliphatic carboxylic acids is 1. The number of fused-ring (bicyclic) bond motifs is 1. The number of aromatic nitrogens is 2. The van der Waals surface area contributed by atoms with Gasteiger partial charge in [0.05, 0.1) is 24.3 Å². The van der Waals surface area contributed by atoms with Crippen LogP contribution in [0.1, 0.15) is 118 Å². The van der Waals surface area contributed by atoms with E-state index in [0.717, 1.165) is 32.8 Å². The number of carboxylic acids is 1. The Bertz CT molecular complexity index is 2360. The maximum atomic E-state index is 15.1. The highest BCUT2D eigenvalue weighted by molar-refractivity contribution is 5.97. The predicted octanol–water partition coefficient (Wildman–Crippen LogP) is 5.22. The number of carbonyl (C=O) groups excluding carboxylic acids is 6. The number of nitrogens with zero attached hydrogens (tertiary/aromatic N) is 6. The van der Waals surface area contributed by atoms with E-state index >= 15 is 9.59 Å². The minimum atomic E-state index is -1.60. The van der Waals surface area contributed by atoms with Crippen LogP contribution >= 0.6 is 0 Å². The second kappa shape index (κ2) is 27.3. The molecule has 0 spiro atoms. The summed E-state index contributed by atoms with van der Waals surface area (Å²) in [7, 11) is 4.38. The van der Waals surface area contributed by atoms with Gasteiger partial charge >= 0.3 is 11.9 Å². The van der Waals surface area contributed by atoms with Crippen LogP contribution in [0.2, 0.25) is 0 Å². The summed E-state index contributed by atoms with van der Waals surface area (Å²) in [5.41, 5.74) is 9.56. The molecule has 7 atom stereocenters. The van der Waals surface area contributed by atoms with Crippen LogP contribution in [0.25, 0.3) is 10.9 Å². The summed E-state index contributed by atoms with van der Waals surface area (Å²) in [6.45, 7) is 19.0. The number of nitrogens with two attached hydrogens (primary N) is 1. The molecule has 18 nitrogen and oxygen atoms in total. The number of ether oxygens (including phenoxy) is 1. The first-order chi connectivity index (χ1) is 33.3. The number of para-hydroxylation sites is 1. The number of amides is 5. The Kier molecular flexibility index (Phi) is 22.7. The Morgan fingerprint density at radius 2 is 1.27 bits per heavy atom. The van der Waals surface area contributed by atoms with E-state index in [1.165, 1.54) is 30.8 Å². The van der Waals surface area contributed by atoms with Gasteiger partial charge in [-0.25, -0.2) is 9.59 Å². The Labute approximate surface area is 420 Å². The van der Waals surface area contributed by atoms with E-state index in [0.29, 0.717) is 19.4 Å². The van der Waals surface area contributed by atoms with Gasteiger partial charge in [-0.2, -0.15) is 5.26 Å². The zero-order valence-electron chi connectivity index (χ0n) is 44.1. The van der Waals surface area contributed by atoms with Crippen LogP contribution in [0.15, 0.2) is 48.7 Å². The standard InChI is InChI=1S/C53H79N9O9/c1-31(2)24-40(55)49(65)60(12)44(27-34(7)8)47(63)58-42(26-33(5)6)51(67)61(13)45(28-37-29-62(43-21-15-14-20-39(37)43)30-38-19-16-18-35(9)56-38)48(64)57-41(25-32(3)4)50(66)59(11)36(10)53(70)71-46(52(68)69)22-17-23-54/h14-16,18-21,29,31-34,36,40-42,44-46H,17,22,24-28,30,55H2,1-13H3,(H,57,64)(H,58,63)(H,68,69)/t36-,40-,41-,42-,44-,45-,46+/m0/s1. The highest BCUT2D eigenvalue weighted by Crippen LogP contribution is 2.26. The van der Waals surface area contributed by atoms with Crippen molar-refractivity contribution < 1.29 is 43.4 Å². The first kappa shape index (κ1) is 59.0. The number of likely N-dealkylation sites (N-methyl/N-ethyl adjacent to an activating group) is 3. The molecule has 0 unspecified atom stereocenters. The summed E-state index contributed by atoms with van der Waals surface area (Å²) in [4.78, 5) is 106. The van der Waals surface area contributed by atoms with Crippen molar-refractivity contribution >= 4 is 52.4 Å². The smallest absolute Gasteiger partial charge is 0.345 e. The lowest BCUT2D eigenvalue weighted by molar-refractivity contribution is -0.169. The average Bonchev–Trinajstić information content (AvgIpc) is 3.64. The summed E-state index contributed by atoms with van der Waals surface area (Å²) >= 11 is 0. The van der Waals surface area contributed by atoms with Crippen molar-refractivity contribution in [2.45, 2.75) is 163 Å². The summed E-state index contributed by atoms with van der Waals surface area (Å²) in [5, 5.41) is 25.3. The van der Waals surface area contributed by atoms with Gasteiger partial charge in [0.1, 0.15) is 30.2 Å². The molecule has 0 saturated carbocycles. The van der Waals surface area contributed by atoms with Crippen molar-refractivity contribution in [1.29, 1.82) is 5.26 Å². The summed E-state index contributed by atoms with van der Waals surface area (Å²) in [5.74, 6) is -5.41. The molecule has 0 saturated heterocycles. The molecule has 71 heavy (non-hydrogen) atoms. The monoisotopic (exact) mass is 986 g/mol. The van der Waals surface area contributed by atoms with Gasteiger partial charge in [0.15, 0.2) is 6.10 Å². The van der Waals surface area contributed by atoms with E-state index < -0.39 is 77.9 Å². The molecule has 2 aromatic heterocycles. The largest absolute Gasteiger partial charge is 0.479 e. The number of hydrogen-bond donors (Lipinski definition) is 4. The first-order valence-corrected chi connectivity index (χ1v) is 24.7. The van der Waals surface area contributed by atoms with E-state index in [-0.39, 0.29) is 61.7 Å². The number of hydrogen-bond acceptors (Lipinski definition) is 11. The van der Waals surface area contributed by atoms with Crippen molar-refractivity contribution in [3.05, 3.63) is 65.6 Å². The third-order valence-electron chi connectivity index (χ3n) is 12.5. The van der Waals surface area contributed by atoms with Gasteiger partial charge in [0.25, 0.3) is 0 Å². The fourth-order valence-corrected chi connectivity index (χ4v) is 8.59. The topological polar surface area (TPSA) is 250 Å². The van der Waals surface area contributed by atoms with Crippen molar-refractivity contribution in [2.75, 3.05) is 21.1 Å². The fourth-order valence-electron chi connectivity index (χ4n) is 8.59. The third-order valence-corrected chi connectivity index (χ3v) is 12.5. The normalized spacial score (nSPS) is 14.5. The molecule has 2 heterocycles. The molecule has 390 valence electrons. The number of aryl methyl sites for hydroxylation is 1. The molecule has 0 aliphatic rings. The summed E-state index contributed by atoms with van der Waals surface area (Å²) < 4.78 is 7.24. The average molecular weight is 986 g/mol. The molecule has 0 aliphatic heterocycles. The Morgan fingerprint density at radius 1 is 0.732 bits per heavy atom. The second-order valence-corrected chi connectivity index (χ2v) is 20.5. The molecule has 0 aliphatic carbocycles. The zero-order valence-corrected chi connectivity index (χ0v) is 44.1. The molecule has 18 heteroatoms. The molecule has 0 bridgehead atoms. The molecule has 0 fully saturated rings. The summed E-state index contributed by atoms with van der Waals surface area (Å²) in [6, 6.07) is 8.61. The predicted molar refractivity (Wildman–Crippen MR) is 271 cm³/mol. The highest BCUT2D eigenvalue weighted by atomic mass is 16.6. The molecular weight excluding hydrogens is 907 g/mol. The quantitative estimate of drug-likeness (QED) is 0.0719. The minimum absolute atomic E-state index is 0.00796. The van der Waals surface area contributed by atoms with Gasteiger partial charge in [-0.05, 0) is 87.0 Å². The van der Waals surface area contributed by atoms with Gasteiger partial charge in [-0.1, -0.05) is 79.7 Å². The Balaban J connectivity index is 2.13. The van der Waals surface area contributed by atoms with Crippen LogP contribution < -0.4 is 16.4 Å². The molecule has 5 N–H and O–H groups in total. The first-order valence-electron chi connectivity index (χ1n) is 24.7. The van der Waals surface area contributed by atoms with Crippen LogP contribution in [0.3, 0.4) is 0 Å². The Morgan fingerprint density at radius 3 is 1.80 bits per heavy atom. The zero-order chi connectivity index (χ0) is 53.4. The van der Waals surface area contributed by atoms with Crippen LogP contribution in [-0.2, 0) is 51.3 Å². The van der Waals surface area contributed by atoms with Gasteiger partial charge in [0, 0.05) is 63.2 Å². The van der Waals surface area contributed by atoms with Crippen molar-refractivity contribution in [3.8, 4) is 6.07 Å². The van der Waals surface area contributed by atoms with Gasteiger partial charge in [0.2, 0.25) is 29.5 Å². The maximum Gasteiger partial charge on any atom is 0.345 e. The number of esters is 1. The SMILES string of the molecule is Cc1cccc(Cn2cc(C[C@@H](C(=O)N[C@@H](CC(C)C)C(=O)N(C)[C@@H](C)C(=O)O[C@H](CCC#N)C(=O)O)N(C)C(=O)[C@H](CC(C)C)NC(=O)[C@H](CC(C)C)N(C)C(=O)[C@@H](N)CC(C)C)c3ccccc32)n1. The number of pyridine rings is 1. The number of benzene rings is 1. The lowest BCUT2D eigenvalue weighted by Crippen LogP contribution is -2.60. The second-order valence-electron chi connectivity index (χ2n) is 20.5. The number of carboxylic acid groups (broad SMARTS) is 1. The number of carbonyl (C=O) groups is 7. The molecule has 0 radical (unpaired) electrons. The maximum absolute atomic E-state index is 15.1. The number of rotatable bonds is 27. The van der Waals surface area contributed by atoms with E-state index in [2.05, 4.69) is 10.6 Å². The molecule has 1 aromatic carbocycles. The van der Waals surface area contributed by atoms with Crippen LogP contribution in [0, 0.1) is 41.9 Å². The van der Waals surface area contributed by atoms with Gasteiger partial charge < -0.3 is 45.5 Å².